The molecule has 0 saturated heterocycles. The van der Waals surface area contributed by atoms with E-state index in [0.717, 1.165) is 56.6 Å². The van der Waals surface area contributed by atoms with Gasteiger partial charge in [0.05, 0.1) is 0 Å². The number of anilines is 2. The van der Waals surface area contributed by atoms with Gasteiger partial charge in [0.15, 0.2) is 0 Å². The van der Waals surface area contributed by atoms with Crippen LogP contribution in [0.2, 0.25) is 0 Å². The second kappa shape index (κ2) is 8.17. The molecule has 2 rings (SSSR count). The van der Waals surface area contributed by atoms with E-state index in [4.69, 9.17) is 0 Å². The molecule has 5 nitrogen and oxygen atoms in total. The summed E-state index contributed by atoms with van der Waals surface area (Å²) < 4.78 is 0. The number of nitrogens with one attached hydrogen (secondary N) is 2. The minimum Gasteiger partial charge on any atom is -0.370 e. The summed E-state index contributed by atoms with van der Waals surface area (Å²) in [4.78, 5) is 11.7. The van der Waals surface area contributed by atoms with Crippen molar-refractivity contribution < 1.29 is 0 Å². The van der Waals surface area contributed by atoms with Crippen LogP contribution in [0.3, 0.4) is 0 Å². The third-order valence-electron chi connectivity index (χ3n) is 3.87. The van der Waals surface area contributed by atoms with Gasteiger partial charge in [-0.1, -0.05) is 20.8 Å². The number of nitrogens with zero attached hydrogens (tertiary/aromatic N) is 3. The molecule has 1 aliphatic carbocycles. The van der Waals surface area contributed by atoms with Gasteiger partial charge in [-0.25, -0.2) is 9.97 Å². The number of hydrogen-bond donors (Lipinski definition) is 2. The summed E-state index contributed by atoms with van der Waals surface area (Å²) in [5.41, 5.74) is 0. The molecule has 0 spiro atoms. The van der Waals surface area contributed by atoms with Gasteiger partial charge in [-0.05, 0) is 32.4 Å². The highest BCUT2D eigenvalue weighted by atomic mass is 15.1. The zero-order valence-electron chi connectivity index (χ0n) is 13.7. The number of hydrogen-bond acceptors (Lipinski definition) is 5. The average molecular weight is 291 g/mol. The fourth-order valence-corrected chi connectivity index (χ4v) is 2.31. The Balaban J connectivity index is 1.95. The molecule has 0 radical (unpaired) electrons. The molecule has 1 saturated carbocycles. The Morgan fingerprint density at radius 3 is 2.19 bits per heavy atom. The Morgan fingerprint density at radius 2 is 1.67 bits per heavy atom. The molecule has 1 aromatic rings. The summed E-state index contributed by atoms with van der Waals surface area (Å²) in [6.45, 7) is 11.7. The smallest absolute Gasteiger partial charge is 0.136 e. The molecule has 0 bridgehead atoms. The summed E-state index contributed by atoms with van der Waals surface area (Å²) in [7, 11) is 0. The van der Waals surface area contributed by atoms with E-state index in [-0.39, 0.29) is 0 Å². The van der Waals surface area contributed by atoms with Crippen LogP contribution in [0.1, 0.15) is 51.8 Å². The van der Waals surface area contributed by atoms with Gasteiger partial charge >= 0.3 is 0 Å². The molecule has 0 unspecified atom stereocenters. The highest BCUT2D eigenvalue weighted by molar-refractivity contribution is 5.48. The van der Waals surface area contributed by atoms with Crippen LogP contribution in [0.4, 0.5) is 11.6 Å². The molecule has 2 N–H and O–H groups in total. The van der Waals surface area contributed by atoms with E-state index in [2.05, 4.69) is 46.3 Å². The van der Waals surface area contributed by atoms with Crippen LogP contribution in [0.5, 0.6) is 0 Å². The molecule has 1 aliphatic rings. The van der Waals surface area contributed by atoms with E-state index in [1.165, 1.54) is 12.8 Å². The second-order valence-electron chi connectivity index (χ2n) is 5.65. The van der Waals surface area contributed by atoms with Gasteiger partial charge in [-0.15, -0.1) is 0 Å². The van der Waals surface area contributed by atoms with Gasteiger partial charge in [-0.3, -0.25) is 0 Å². The standard InChI is InChI=1S/C16H29N5/c1-4-9-17-14-12-15(18-10-11-21(5-2)6-3)20-16(19-14)13-7-8-13/h12-13H,4-11H2,1-3H3,(H2,17,18,19,20). The topological polar surface area (TPSA) is 53.1 Å². The van der Waals surface area contributed by atoms with Gasteiger partial charge in [-0.2, -0.15) is 0 Å². The minimum atomic E-state index is 0.580. The summed E-state index contributed by atoms with van der Waals surface area (Å²) in [5, 5.41) is 6.83. The Hall–Kier alpha value is -1.36. The van der Waals surface area contributed by atoms with Crippen molar-refractivity contribution in [1.82, 2.24) is 14.9 Å². The lowest BCUT2D eigenvalue weighted by Crippen LogP contribution is -2.28. The molecular weight excluding hydrogens is 262 g/mol. The molecule has 1 heterocycles. The van der Waals surface area contributed by atoms with E-state index in [0.29, 0.717) is 5.92 Å². The van der Waals surface area contributed by atoms with Gasteiger partial charge in [0.1, 0.15) is 17.5 Å². The fraction of sp³-hybridized carbons (Fsp3) is 0.750. The molecule has 0 aromatic carbocycles. The second-order valence-corrected chi connectivity index (χ2v) is 5.65. The Bertz CT molecular complexity index is 427. The largest absolute Gasteiger partial charge is 0.370 e. The van der Waals surface area contributed by atoms with Gasteiger partial charge in [0.2, 0.25) is 0 Å². The molecule has 0 aliphatic heterocycles. The Morgan fingerprint density at radius 1 is 1.05 bits per heavy atom. The van der Waals surface area contributed by atoms with Crippen molar-refractivity contribution in [1.29, 1.82) is 0 Å². The van der Waals surface area contributed by atoms with E-state index >= 15 is 0 Å². The normalized spacial score (nSPS) is 14.5. The maximum absolute atomic E-state index is 4.67. The highest BCUT2D eigenvalue weighted by Crippen LogP contribution is 2.38. The van der Waals surface area contributed by atoms with Crippen molar-refractivity contribution in [2.75, 3.05) is 43.4 Å². The summed E-state index contributed by atoms with van der Waals surface area (Å²) >= 11 is 0. The summed E-state index contributed by atoms with van der Waals surface area (Å²) in [6, 6.07) is 2.03. The third-order valence-corrected chi connectivity index (χ3v) is 3.87. The van der Waals surface area contributed by atoms with Crippen LogP contribution in [0, 0.1) is 0 Å². The molecule has 21 heavy (non-hydrogen) atoms. The highest BCUT2D eigenvalue weighted by Gasteiger charge is 2.27. The molecule has 0 atom stereocenters. The number of rotatable bonds is 10. The predicted molar refractivity (Wildman–Crippen MR) is 89.1 cm³/mol. The van der Waals surface area contributed by atoms with Gasteiger partial charge in [0, 0.05) is 31.6 Å². The lowest BCUT2D eigenvalue weighted by Gasteiger charge is -2.18. The van der Waals surface area contributed by atoms with Crippen LogP contribution < -0.4 is 10.6 Å². The quantitative estimate of drug-likeness (QED) is 0.694. The third kappa shape index (κ3) is 5.16. The molecule has 0 amide bonds. The van der Waals surface area contributed by atoms with Gasteiger partial charge in [0.25, 0.3) is 0 Å². The zero-order chi connectivity index (χ0) is 15.1. The monoisotopic (exact) mass is 291 g/mol. The van der Waals surface area contributed by atoms with Crippen LogP contribution >= 0.6 is 0 Å². The first-order chi connectivity index (χ1) is 10.3. The Labute approximate surface area is 128 Å². The first-order valence-corrected chi connectivity index (χ1v) is 8.35. The first kappa shape index (κ1) is 16.0. The van der Waals surface area contributed by atoms with Crippen LogP contribution in [0.25, 0.3) is 0 Å². The van der Waals surface area contributed by atoms with Gasteiger partial charge < -0.3 is 15.5 Å². The van der Waals surface area contributed by atoms with Crippen molar-refractivity contribution in [2.24, 2.45) is 0 Å². The first-order valence-electron chi connectivity index (χ1n) is 8.35. The number of likely N-dealkylation sites (N-methyl/N-ethyl adjacent to an activating group) is 1. The molecule has 5 heteroatoms. The van der Waals surface area contributed by atoms with E-state index in [9.17, 15) is 0 Å². The molecule has 118 valence electrons. The molecule has 1 fully saturated rings. The summed E-state index contributed by atoms with van der Waals surface area (Å²) in [5.74, 6) is 3.50. The maximum Gasteiger partial charge on any atom is 0.136 e. The Kier molecular flexibility index (Phi) is 6.23. The van der Waals surface area contributed by atoms with E-state index in [1.807, 2.05) is 6.07 Å². The van der Waals surface area contributed by atoms with Crippen LogP contribution in [-0.2, 0) is 0 Å². The van der Waals surface area contributed by atoms with Crippen molar-refractivity contribution in [2.45, 2.75) is 46.0 Å². The van der Waals surface area contributed by atoms with Crippen LogP contribution in [-0.4, -0.2) is 47.6 Å². The van der Waals surface area contributed by atoms with Crippen molar-refractivity contribution >= 4 is 11.6 Å². The number of aromatic nitrogens is 2. The lowest BCUT2D eigenvalue weighted by molar-refractivity contribution is 0.316. The zero-order valence-corrected chi connectivity index (χ0v) is 13.7. The van der Waals surface area contributed by atoms with Crippen molar-refractivity contribution in [3.63, 3.8) is 0 Å². The maximum atomic E-state index is 4.67. The minimum absolute atomic E-state index is 0.580. The van der Waals surface area contributed by atoms with E-state index in [1.54, 1.807) is 0 Å². The van der Waals surface area contributed by atoms with E-state index < -0.39 is 0 Å². The predicted octanol–water partition coefficient (Wildman–Crippen LogP) is 2.93. The summed E-state index contributed by atoms with van der Waals surface area (Å²) in [6.07, 6.45) is 3.57. The lowest BCUT2D eigenvalue weighted by atomic mass is 10.3. The van der Waals surface area contributed by atoms with Crippen molar-refractivity contribution in [3.05, 3.63) is 11.9 Å². The average Bonchev–Trinajstić information content (AvgIpc) is 3.34. The van der Waals surface area contributed by atoms with Crippen molar-refractivity contribution in [3.8, 4) is 0 Å². The molecule has 1 aromatic heterocycles. The van der Waals surface area contributed by atoms with Crippen LogP contribution in [0.15, 0.2) is 6.07 Å². The SMILES string of the molecule is CCCNc1cc(NCCN(CC)CC)nc(C2CC2)n1. The fourth-order valence-electron chi connectivity index (χ4n) is 2.31. The molecular formula is C16H29N5.